The Labute approximate surface area is 88.2 Å². The van der Waals surface area contributed by atoms with Gasteiger partial charge in [0.2, 0.25) is 0 Å². The minimum Gasteiger partial charge on any atom is -0.380 e. The average molecular weight is 202 g/mol. The molecule has 3 heteroatoms. The highest BCUT2D eigenvalue weighted by Crippen LogP contribution is 2.35. The number of nitrogens with zero attached hydrogens (tertiary/aromatic N) is 1. The van der Waals surface area contributed by atoms with Crippen molar-refractivity contribution in [2.45, 2.75) is 31.6 Å². The molecule has 1 aliphatic carbocycles. The van der Waals surface area contributed by atoms with Crippen LogP contribution in [0.1, 0.15) is 37.2 Å². The molecule has 1 fully saturated rings. The highest BCUT2D eigenvalue weighted by molar-refractivity contribution is 5.87. The molecular formula is C12H14N2O. The third-order valence-corrected chi connectivity index (χ3v) is 3.35. The summed E-state index contributed by atoms with van der Waals surface area (Å²) in [5.74, 6) is 1.22. The first-order chi connectivity index (χ1) is 7.34. The fourth-order valence-electron chi connectivity index (χ4n) is 2.49. The number of anilines is 1. The van der Waals surface area contributed by atoms with E-state index in [0.717, 1.165) is 11.0 Å². The Balaban J connectivity index is 2.08. The van der Waals surface area contributed by atoms with Gasteiger partial charge in [-0.1, -0.05) is 24.1 Å². The predicted molar refractivity (Wildman–Crippen MR) is 59.6 cm³/mol. The summed E-state index contributed by atoms with van der Waals surface area (Å²) < 4.78 is 5.09. The molecule has 1 aromatic heterocycles. The fraction of sp³-hybridized carbons (Fsp3) is 0.417. The Bertz CT molecular complexity index is 483. The van der Waals surface area contributed by atoms with E-state index in [4.69, 9.17) is 10.3 Å². The van der Waals surface area contributed by atoms with Crippen LogP contribution in [0.15, 0.2) is 22.7 Å². The van der Waals surface area contributed by atoms with Crippen molar-refractivity contribution in [1.82, 2.24) is 5.16 Å². The van der Waals surface area contributed by atoms with Gasteiger partial charge in [0.05, 0.1) is 5.39 Å². The van der Waals surface area contributed by atoms with Gasteiger partial charge in [0.15, 0.2) is 11.4 Å². The van der Waals surface area contributed by atoms with E-state index >= 15 is 0 Å². The molecule has 0 aliphatic heterocycles. The topological polar surface area (TPSA) is 52.0 Å². The lowest BCUT2D eigenvalue weighted by molar-refractivity contribution is 0.460. The average Bonchev–Trinajstić information content (AvgIpc) is 2.88. The van der Waals surface area contributed by atoms with Gasteiger partial charge in [-0.3, -0.25) is 0 Å². The van der Waals surface area contributed by atoms with Crippen LogP contribution >= 0.6 is 0 Å². The van der Waals surface area contributed by atoms with Crippen LogP contribution in [0.2, 0.25) is 0 Å². The molecule has 2 aromatic rings. The smallest absolute Gasteiger partial charge is 0.174 e. The molecular weight excluding hydrogens is 188 g/mol. The van der Waals surface area contributed by atoms with Crippen LogP contribution in [0.5, 0.6) is 0 Å². The van der Waals surface area contributed by atoms with Gasteiger partial charge in [0.1, 0.15) is 0 Å². The van der Waals surface area contributed by atoms with Crippen LogP contribution in [0.25, 0.3) is 11.0 Å². The number of rotatable bonds is 1. The molecule has 0 saturated heterocycles. The first-order valence-corrected chi connectivity index (χ1v) is 5.49. The van der Waals surface area contributed by atoms with Gasteiger partial charge in [0.25, 0.3) is 0 Å². The van der Waals surface area contributed by atoms with Gasteiger partial charge in [-0.25, -0.2) is 0 Å². The van der Waals surface area contributed by atoms with E-state index < -0.39 is 0 Å². The molecule has 0 bridgehead atoms. The Morgan fingerprint density at radius 3 is 2.87 bits per heavy atom. The first-order valence-electron chi connectivity index (χ1n) is 5.49. The summed E-state index contributed by atoms with van der Waals surface area (Å²) in [6.07, 6.45) is 5.30. The highest BCUT2D eigenvalue weighted by Gasteiger charge is 2.18. The predicted octanol–water partition coefficient (Wildman–Crippen LogP) is 3.07. The molecule has 1 heterocycles. The lowest BCUT2D eigenvalue weighted by atomic mass is 9.97. The van der Waals surface area contributed by atoms with Gasteiger partial charge in [-0.15, -0.1) is 0 Å². The second kappa shape index (κ2) is 3.26. The fourth-order valence-corrected chi connectivity index (χ4v) is 2.49. The highest BCUT2D eigenvalue weighted by atomic mass is 16.5. The van der Waals surface area contributed by atoms with E-state index in [9.17, 15) is 0 Å². The number of nitrogen functional groups attached to an aromatic ring is 1. The summed E-state index contributed by atoms with van der Waals surface area (Å²) in [7, 11) is 0. The van der Waals surface area contributed by atoms with Crippen LogP contribution in [0.4, 0.5) is 5.82 Å². The maximum absolute atomic E-state index is 5.74. The summed E-state index contributed by atoms with van der Waals surface area (Å²) in [6.45, 7) is 0. The molecule has 0 amide bonds. The van der Waals surface area contributed by atoms with Gasteiger partial charge < -0.3 is 10.3 Å². The number of fused-ring (bicyclic) bond motifs is 1. The molecule has 0 atom stereocenters. The molecule has 1 saturated carbocycles. The quantitative estimate of drug-likeness (QED) is 0.773. The molecule has 78 valence electrons. The van der Waals surface area contributed by atoms with Gasteiger partial charge in [0, 0.05) is 0 Å². The minimum absolute atomic E-state index is 0.504. The summed E-state index contributed by atoms with van der Waals surface area (Å²) >= 11 is 0. The maximum atomic E-state index is 5.74. The zero-order chi connectivity index (χ0) is 10.3. The third kappa shape index (κ3) is 1.39. The van der Waals surface area contributed by atoms with Crippen molar-refractivity contribution in [2.24, 2.45) is 0 Å². The molecule has 1 aromatic carbocycles. The normalized spacial score (nSPS) is 17.6. The Morgan fingerprint density at radius 2 is 2.07 bits per heavy atom. The molecule has 15 heavy (non-hydrogen) atoms. The molecule has 1 aliphatic rings. The molecule has 0 unspecified atom stereocenters. The van der Waals surface area contributed by atoms with Crippen molar-refractivity contribution in [3.63, 3.8) is 0 Å². The Hall–Kier alpha value is -1.51. The van der Waals surface area contributed by atoms with E-state index in [1.165, 1.54) is 31.2 Å². The zero-order valence-corrected chi connectivity index (χ0v) is 8.57. The van der Waals surface area contributed by atoms with Crippen LogP contribution in [0.3, 0.4) is 0 Å². The van der Waals surface area contributed by atoms with E-state index in [0.29, 0.717) is 11.7 Å². The van der Waals surface area contributed by atoms with Crippen molar-refractivity contribution in [1.29, 1.82) is 0 Å². The summed E-state index contributed by atoms with van der Waals surface area (Å²) in [5.41, 5.74) is 7.91. The largest absolute Gasteiger partial charge is 0.380 e. The standard InChI is InChI=1S/C12H14N2O/c13-12-10-7-9(8-3-1-2-4-8)5-6-11(10)15-14-12/h5-8H,1-4H2,(H2,13,14). The number of nitrogens with two attached hydrogens (primary N) is 1. The number of hydrogen-bond donors (Lipinski definition) is 1. The van der Waals surface area contributed by atoms with Crippen LogP contribution in [0, 0.1) is 0 Å². The monoisotopic (exact) mass is 202 g/mol. The number of aromatic nitrogens is 1. The van der Waals surface area contributed by atoms with Crippen LogP contribution in [-0.2, 0) is 0 Å². The maximum Gasteiger partial charge on any atom is 0.174 e. The van der Waals surface area contributed by atoms with Gasteiger partial charge in [-0.2, -0.15) is 0 Å². The number of benzene rings is 1. The summed E-state index contributed by atoms with van der Waals surface area (Å²) in [4.78, 5) is 0. The van der Waals surface area contributed by atoms with Crippen molar-refractivity contribution in [2.75, 3.05) is 5.73 Å². The number of hydrogen-bond acceptors (Lipinski definition) is 3. The van der Waals surface area contributed by atoms with E-state index in [1.54, 1.807) is 0 Å². The molecule has 3 nitrogen and oxygen atoms in total. The van der Waals surface area contributed by atoms with Crippen molar-refractivity contribution in [3.05, 3.63) is 23.8 Å². The van der Waals surface area contributed by atoms with E-state index in [-0.39, 0.29) is 0 Å². The van der Waals surface area contributed by atoms with Crippen molar-refractivity contribution < 1.29 is 4.52 Å². The zero-order valence-electron chi connectivity index (χ0n) is 8.57. The molecule has 3 rings (SSSR count). The molecule has 0 spiro atoms. The SMILES string of the molecule is Nc1noc2ccc(C3CCCC3)cc12. The lowest BCUT2D eigenvalue weighted by Gasteiger charge is -2.08. The second-order valence-corrected chi connectivity index (χ2v) is 4.30. The van der Waals surface area contributed by atoms with Crippen molar-refractivity contribution >= 4 is 16.8 Å². The second-order valence-electron chi connectivity index (χ2n) is 4.30. The van der Waals surface area contributed by atoms with E-state index in [1.807, 2.05) is 6.07 Å². The Morgan fingerprint density at radius 1 is 1.27 bits per heavy atom. The van der Waals surface area contributed by atoms with Crippen LogP contribution in [-0.4, -0.2) is 5.16 Å². The minimum atomic E-state index is 0.504. The van der Waals surface area contributed by atoms with Gasteiger partial charge >= 0.3 is 0 Å². The lowest BCUT2D eigenvalue weighted by Crippen LogP contribution is -1.92. The van der Waals surface area contributed by atoms with Crippen molar-refractivity contribution in [3.8, 4) is 0 Å². The molecule has 2 N–H and O–H groups in total. The Kier molecular flexibility index (Phi) is 1.91. The third-order valence-electron chi connectivity index (χ3n) is 3.35. The van der Waals surface area contributed by atoms with Crippen LogP contribution < -0.4 is 5.73 Å². The van der Waals surface area contributed by atoms with Gasteiger partial charge in [-0.05, 0) is 36.5 Å². The summed E-state index contributed by atoms with van der Waals surface area (Å²) in [5, 5.41) is 4.72. The molecule has 0 radical (unpaired) electrons. The first kappa shape index (κ1) is 8.77. The van der Waals surface area contributed by atoms with E-state index in [2.05, 4.69) is 17.3 Å². The summed E-state index contributed by atoms with van der Waals surface area (Å²) in [6, 6.07) is 6.26.